The maximum Gasteiger partial charge on any atom is 0.408 e. The largest absolute Gasteiger partial charge is 0.445 e. The van der Waals surface area contributed by atoms with E-state index in [2.05, 4.69) is 21.3 Å². The average Bonchev–Trinajstić information content (AvgIpc) is 2.97. The maximum absolute atomic E-state index is 13.2. The molecule has 0 heterocycles. The van der Waals surface area contributed by atoms with Crippen LogP contribution in [0.5, 0.6) is 0 Å². The van der Waals surface area contributed by atoms with Crippen LogP contribution in [-0.4, -0.2) is 59.9 Å². The molecule has 230 valence electrons. The van der Waals surface area contributed by atoms with E-state index in [4.69, 9.17) is 9.47 Å². The first kappa shape index (κ1) is 32.9. The fourth-order valence-electron chi connectivity index (χ4n) is 4.12. The van der Waals surface area contributed by atoms with Gasteiger partial charge in [-0.1, -0.05) is 60.7 Å². The van der Waals surface area contributed by atoms with Crippen LogP contribution in [0.2, 0.25) is 0 Å². The minimum absolute atomic E-state index is 0.148. The third kappa shape index (κ3) is 11.6. The summed E-state index contributed by atoms with van der Waals surface area (Å²) in [6, 6.07) is 20.0. The molecule has 0 aliphatic heterocycles. The van der Waals surface area contributed by atoms with Gasteiger partial charge >= 0.3 is 12.2 Å². The van der Waals surface area contributed by atoms with Crippen LogP contribution < -0.4 is 21.3 Å². The molecule has 0 fully saturated rings. The Morgan fingerprint density at radius 2 is 1.49 bits per heavy atom. The Balaban J connectivity index is 1.53. The minimum Gasteiger partial charge on any atom is -0.445 e. The van der Waals surface area contributed by atoms with Crippen LogP contribution in [0.4, 0.5) is 15.3 Å². The van der Waals surface area contributed by atoms with Gasteiger partial charge in [-0.15, -0.1) is 0 Å². The number of fused-ring (bicyclic) bond motifs is 1. The summed E-state index contributed by atoms with van der Waals surface area (Å²) in [7, 11) is 0. The number of benzene rings is 3. The highest BCUT2D eigenvalue weighted by Gasteiger charge is 2.28. The normalized spacial score (nSPS) is 12.5. The maximum atomic E-state index is 13.2. The van der Waals surface area contributed by atoms with Gasteiger partial charge in [0.15, 0.2) is 0 Å². The molecule has 4 amide bonds. The van der Waals surface area contributed by atoms with Crippen molar-refractivity contribution in [3.63, 3.8) is 0 Å². The Morgan fingerprint density at radius 1 is 0.791 bits per heavy atom. The number of aliphatic hydroxyl groups excluding tert-OH is 1. The number of unbranched alkanes of at least 4 members (excludes halogenated alkanes) is 1. The summed E-state index contributed by atoms with van der Waals surface area (Å²) < 4.78 is 10.5. The molecule has 0 aliphatic rings. The molecular formula is C32H40N4O7. The second kappa shape index (κ2) is 16.1. The molecule has 2 atom stereocenters. The molecule has 11 heteroatoms. The average molecular weight is 593 g/mol. The van der Waals surface area contributed by atoms with Gasteiger partial charge in [-0.05, 0) is 68.5 Å². The van der Waals surface area contributed by atoms with E-state index >= 15 is 0 Å². The standard InChI is InChI=1S/C32H40N4O7/c1-32(2,3)43-31(41)36-26(15-9-10-18-33-30(40)42-21-22-11-5-4-6-12-22)28(38)35-27(20-37)29(39)34-25-17-16-23-13-7-8-14-24(23)19-25/h4-8,11-14,16-17,19,26-27,37H,9-10,15,18,20-21H2,1-3H3,(H,33,40)(H,34,39)(H,35,38)(H,36,41)/t26-,27-/m0/s1. The third-order valence-electron chi connectivity index (χ3n) is 6.24. The highest BCUT2D eigenvalue weighted by atomic mass is 16.6. The van der Waals surface area contributed by atoms with Crippen molar-refractivity contribution >= 4 is 40.5 Å². The molecular weight excluding hydrogens is 552 g/mol. The van der Waals surface area contributed by atoms with E-state index in [0.717, 1.165) is 16.3 Å². The minimum atomic E-state index is -1.26. The molecule has 0 bridgehead atoms. The van der Waals surface area contributed by atoms with Gasteiger partial charge < -0.3 is 35.8 Å². The van der Waals surface area contributed by atoms with E-state index in [1.807, 2.05) is 60.7 Å². The lowest BCUT2D eigenvalue weighted by Crippen LogP contribution is -2.54. The van der Waals surface area contributed by atoms with Crippen molar-refractivity contribution in [3.05, 3.63) is 78.4 Å². The first-order chi connectivity index (χ1) is 20.5. The van der Waals surface area contributed by atoms with E-state index < -0.39 is 48.3 Å². The van der Waals surface area contributed by atoms with Gasteiger partial charge in [0.25, 0.3) is 0 Å². The number of ether oxygens (including phenoxy) is 2. The zero-order valence-electron chi connectivity index (χ0n) is 24.7. The van der Waals surface area contributed by atoms with E-state index in [1.54, 1.807) is 32.9 Å². The highest BCUT2D eigenvalue weighted by molar-refractivity contribution is 5.99. The van der Waals surface area contributed by atoms with Crippen molar-refractivity contribution in [3.8, 4) is 0 Å². The van der Waals surface area contributed by atoms with Gasteiger partial charge in [-0.2, -0.15) is 0 Å². The van der Waals surface area contributed by atoms with Crippen LogP contribution in [0.25, 0.3) is 10.8 Å². The summed E-state index contributed by atoms with van der Waals surface area (Å²) in [4.78, 5) is 50.5. The quantitative estimate of drug-likeness (QED) is 0.186. The first-order valence-corrected chi connectivity index (χ1v) is 14.2. The molecule has 3 rings (SSSR count). The van der Waals surface area contributed by atoms with Crippen LogP contribution in [-0.2, 0) is 25.7 Å². The molecule has 0 saturated carbocycles. The topological polar surface area (TPSA) is 155 Å². The molecule has 0 aromatic heterocycles. The van der Waals surface area contributed by atoms with E-state index in [1.165, 1.54) is 0 Å². The van der Waals surface area contributed by atoms with E-state index in [9.17, 15) is 24.3 Å². The molecule has 0 saturated heterocycles. The number of carbonyl (C=O) groups is 4. The van der Waals surface area contributed by atoms with Crippen LogP contribution in [0.3, 0.4) is 0 Å². The van der Waals surface area contributed by atoms with Crippen LogP contribution >= 0.6 is 0 Å². The lowest BCUT2D eigenvalue weighted by molar-refractivity contribution is -0.128. The number of rotatable bonds is 13. The van der Waals surface area contributed by atoms with Gasteiger partial charge in [0, 0.05) is 12.2 Å². The lowest BCUT2D eigenvalue weighted by atomic mass is 10.1. The second-order valence-corrected chi connectivity index (χ2v) is 11.0. The molecule has 3 aromatic carbocycles. The molecule has 0 radical (unpaired) electrons. The summed E-state index contributed by atoms with van der Waals surface area (Å²) in [6.07, 6.45) is -0.230. The predicted octanol–water partition coefficient (Wildman–Crippen LogP) is 4.25. The van der Waals surface area contributed by atoms with Crippen LogP contribution in [0, 0.1) is 0 Å². The summed E-state index contributed by atoms with van der Waals surface area (Å²) in [5.41, 5.74) is 0.587. The van der Waals surface area contributed by atoms with Gasteiger partial charge in [-0.25, -0.2) is 9.59 Å². The smallest absolute Gasteiger partial charge is 0.408 e. The molecule has 3 aromatic rings. The molecule has 0 spiro atoms. The zero-order chi connectivity index (χ0) is 31.2. The fourth-order valence-corrected chi connectivity index (χ4v) is 4.12. The number of anilines is 1. The number of amides is 4. The Morgan fingerprint density at radius 3 is 2.19 bits per heavy atom. The Kier molecular flexibility index (Phi) is 12.3. The number of nitrogens with one attached hydrogen (secondary N) is 4. The number of carbonyl (C=O) groups excluding carboxylic acids is 4. The Hall–Kier alpha value is -4.64. The number of hydrogen-bond acceptors (Lipinski definition) is 7. The van der Waals surface area contributed by atoms with Crippen molar-refractivity contribution in [2.24, 2.45) is 0 Å². The number of aliphatic hydroxyl groups is 1. The first-order valence-electron chi connectivity index (χ1n) is 14.2. The van der Waals surface area contributed by atoms with Crippen molar-refractivity contribution in [2.45, 2.75) is 64.3 Å². The fraction of sp³-hybridized carbons (Fsp3) is 0.375. The Bertz CT molecular complexity index is 1370. The second-order valence-electron chi connectivity index (χ2n) is 11.0. The third-order valence-corrected chi connectivity index (χ3v) is 6.24. The summed E-state index contributed by atoms with van der Waals surface area (Å²) in [5.74, 6) is -1.27. The summed E-state index contributed by atoms with van der Waals surface area (Å²) in [6.45, 7) is 4.88. The molecule has 43 heavy (non-hydrogen) atoms. The number of hydrogen-bond donors (Lipinski definition) is 5. The Labute approximate surface area is 251 Å². The summed E-state index contributed by atoms with van der Waals surface area (Å²) >= 11 is 0. The molecule has 0 aliphatic carbocycles. The van der Waals surface area contributed by atoms with Crippen LogP contribution in [0.15, 0.2) is 72.8 Å². The number of alkyl carbamates (subject to hydrolysis) is 2. The van der Waals surface area contributed by atoms with E-state index in [0.29, 0.717) is 25.1 Å². The van der Waals surface area contributed by atoms with Gasteiger partial charge in [-0.3, -0.25) is 9.59 Å². The van der Waals surface area contributed by atoms with Crippen molar-refractivity contribution in [1.29, 1.82) is 0 Å². The molecule has 11 nitrogen and oxygen atoms in total. The highest BCUT2D eigenvalue weighted by Crippen LogP contribution is 2.19. The van der Waals surface area contributed by atoms with Crippen LogP contribution in [0.1, 0.15) is 45.6 Å². The molecule has 5 N–H and O–H groups in total. The SMILES string of the molecule is CC(C)(C)OC(=O)N[C@@H](CCCCNC(=O)OCc1ccccc1)C(=O)N[C@@H](CO)C(=O)Nc1ccc2ccccc2c1. The van der Waals surface area contributed by atoms with Crippen molar-refractivity contribution in [1.82, 2.24) is 16.0 Å². The van der Waals surface area contributed by atoms with Gasteiger partial charge in [0.1, 0.15) is 24.3 Å². The van der Waals surface area contributed by atoms with E-state index in [-0.39, 0.29) is 13.0 Å². The van der Waals surface area contributed by atoms with Gasteiger partial charge in [0.2, 0.25) is 11.8 Å². The molecule has 0 unspecified atom stereocenters. The predicted molar refractivity (Wildman–Crippen MR) is 163 cm³/mol. The van der Waals surface area contributed by atoms with Crippen molar-refractivity contribution in [2.75, 3.05) is 18.5 Å². The lowest BCUT2D eigenvalue weighted by Gasteiger charge is -2.25. The summed E-state index contributed by atoms with van der Waals surface area (Å²) in [5, 5.41) is 22.3. The zero-order valence-corrected chi connectivity index (χ0v) is 24.7. The van der Waals surface area contributed by atoms with Crippen molar-refractivity contribution < 1.29 is 33.8 Å². The monoisotopic (exact) mass is 592 g/mol. The van der Waals surface area contributed by atoms with Gasteiger partial charge in [0.05, 0.1) is 6.61 Å².